The van der Waals surface area contributed by atoms with Crippen molar-refractivity contribution in [2.24, 2.45) is 0 Å². The lowest BCUT2D eigenvalue weighted by Gasteiger charge is -2.10. The molecule has 5 nitrogen and oxygen atoms in total. The standard InChI is InChI=1S/C12H21N3O2/c1-4-6-16-7-8-17-12-9(3)11(13)14-10(5-2)15-12/h4-8H2,1-3H3,(H2,13,14,15). The number of aromatic nitrogens is 2. The summed E-state index contributed by atoms with van der Waals surface area (Å²) in [5, 5.41) is 0. The van der Waals surface area contributed by atoms with Crippen LogP contribution in [0.2, 0.25) is 0 Å². The number of hydrogen-bond donors (Lipinski definition) is 1. The van der Waals surface area contributed by atoms with Gasteiger partial charge >= 0.3 is 0 Å². The largest absolute Gasteiger partial charge is 0.475 e. The molecule has 1 aromatic heterocycles. The van der Waals surface area contributed by atoms with E-state index in [0.29, 0.717) is 30.7 Å². The molecule has 96 valence electrons. The average molecular weight is 239 g/mol. The summed E-state index contributed by atoms with van der Waals surface area (Å²) in [5.74, 6) is 1.76. The van der Waals surface area contributed by atoms with Crippen molar-refractivity contribution in [2.45, 2.75) is 33.6 Å². The van der Waals surface area contributed by atoms with Crippen LogP contribution in [-0.2, 0) is 11.2 Å². The molecule has 0 aromatic carbocycles. The van der Waals surface area contributed by atoms with Crippen molar-refractivity contribution >= 4 is 5.82 Å². The summed E-state index contributed by atoms with van der Waals surface area (Å²) in [6.07, 6.45) is 1.76. The summed E-state index contributed by atoms with van der Waals surface area (Å²) in [6.45, 7) is 7.73. The summed E-state index contributed by atoms with van der Waals surface area (Å²) in [4.78, 5) is 8.47. The molecule has 0 fully saturated rings. The summed E-state index contributed by atoms with van der Waals surface area (Å²) < 4.78 is 10.9. The molecule has 1 aromatic rings. The van der Waals surface area contributed by atoms with Crippen LogP contribution in [0.1, 0.15) is 31.7 Å². The van der Waals surface area contributed by atoms with Gasteiger partial charge < -0.3 is 15.2 Å². The number of ether oxygens (including phenoxy) is 2. The van der Waals surface area contributed by atoms with Gasteiger partial charge in [-0.1, -0.05) is 13.8 Å². The van der Waals surface area contributed by atoms with E-state index in [1.165, 1.54) is 0 Å². The van der Waals surface area contributed by atoms with E-state index in [1.807, 2.05) is 13.8 Å². The van der Waals surface area contributed by atoms with Crippen LogP contribution in [0.4, 0.5) is 5.82 Å². The monoisotopic (exact) mass is 239 g/mol. The Balaban J connectivity index is 2.54. The normalized spacial score (nSPS) is 10.5. The van der Waals surface area contributed by atoms with Crippen molar-refractivity contribution in [1.29, 1.82) is 0 Å². The fourth-order valence-corrected chi connectivity index (χ4v) is 1.30. The summed E-state index contributed by atoms with van der Waals surface area (Å²) in [7, 11) is 0. The van der Waals surface area contributed by atoms with Gasteiger partial charge in [0.05, 0.1) is 12.2 Å². The third-order valence-corrected chi connectivity index (χ3v) is 2.32. The fraction of sp³-hybridized carbons (Fsp3) is 0.667. The molecule has 0 saturated carbocycles. The van der Waals surface area contributed by atoms with Crippen molar-refractivity contribution in [2.75, 3.05) is 25.6 Å². The maximum absolute atomic E-state index is 5.79. The maximum atomic E-state index is 5.79. The molecular weight excluding hydrogens is 218 g/mol. The van der Waals surface area contributed by atoms with Gasteiger partial charge in [0.15, 0.2) is 0 Å². The minimum atomic E-state index is 0.487. The van der Waals surface area contributed by atoms with Crippen molar-refractivity contribution in [3.8, 4) is 5.88 Å². The van der Waals surface area contributed by atoms with E-state index in [4.69, 9.17) is 15.2 Å². The molecular formula is C12H21N3O2. The van der Waals surface area contributed by atoms with Gasteiger partial charge in [-0.25, -0.2) is 4.98 Å². The zero-order chi connectivity index (χ0) is 12.7. The first kappa shape index (κ1) is 13.7. The molecule has 1 heterocycles. The van der Waals surface area contributed by atoms with Crippen LogP contribution in [0, 0.1) is 6.92 Å². The number of nitrogen functional groups attached to an aromatic ring is 1. The quantitative estimate of drug-likeness (QED) is 0.734. The van der Waals surface area contributed by atoms with Crippen molar-refractivity contribution in [3.63, 3.8) is 0 Å². The minimum Gasteiger partial charge on any atom is -0.475 e. The van der Waals surface area contributed by atoms with E-state index in [2.05, 4.69) is 16.9 Å². The predicted octanol–water partition coefficient (Wildman–Crippen LogP) is 1.74. The van der Waals surface area contributed by atoms with E-state index >= 15 is 0 Å². The Hall–Kier alpha value is -1.36. The Morgan fingerprint density at radius 2 is 1.88 bits per heavy atom. The second kappa shape index (κ2) is 7.06. The molecule has 5 heteroatoms. The molecule has 0 bridgehead atoms. The summed E-state index contributed by atoms with van der Waals surface area (Å²) >= 11 is 0. The van der Waals surface area contributed by atoms with Crippen LogP contribution in [-0.4, -0.2) is 29.8 Å². The van der Waals surface area contributed by atoms with E-state index < -0.39 is 0 Å². The van der Waals surface area contributed by atoms with Gasteiger partial charge in [-0.2, -0.15) is 4.98 Å². The zero-order valence-electron chi connectivity index (χ0n) is 10.8. The molecule has 17 heavy (non-hydrogen) atoms. The van der Waals surface area contributed by atoms with Gasteiger partial charge in [-0.3, -0.25) is 0 Å². The maximum Gasteiger partial charge on any atom is 0.221 e. The molecule has 0 aliphatic heterocycles. The highest BCUT2D eigenvalue weighted by Crippen LogP contribution is 2.19. The van der Waals surface area contributed by atoms with Crippen molar-refractivity contribution < 1.29 is 9.47 Å². The van der Waals surface area contributed by atoms with Crippen LogP contribution < -0.4 is 10.5 Å². The van der Waals surface area contributed by atoms with E-state index in [-0.39, 0.29) is 0 Å². The van der Waals surface area contributed by atoms with Crippen molar-refractivity contribution in [1.82, 2.24) is 9.97 Å². The molecule has 0 spiro atoms. The minimum absolute atomic E-state index is 0.487. The highest BCUT2D eigenvalue weighted by Gasteiger charge is 2.08. The smallest absolute Gasteiger partial charge is 0.221 e. The van der Waals surface area contributed by atoms with E-state index in [1.54, 1.807) is 0 Å². The molecule has 0 atom stereocenters. The van der Waals surface area contributed by atoms with E-state index in [9.17, 15) is 0 Å². The first-order valence-electron chi connectivity index (χ1n) is 6.02. The third kappa shape index (κ3) is 4.19. The Labute approximate surface area is 102 Å². The Kier molecular flexibility index (Phi) is 5.69. The van der Waals surface area contributed by atoms with Gasteiger partial charge in [-0.15, -0.1) is 0 Å². The second-order valence-electron chi connectivity index (χ2n) is 3.77. The lowest BCUT2D eigenvalue weighted by Crippen LogP contribution is -2.11. The average Bonchev–Trinajstić information content (AvgIpc) is 2.33. The number of hydrogen-bond acceptors (Lipinski definition) is 5. The molecule has 0 unspecified atom stereocenters. The topological polar surface area (TPSA) is 70.3 Å². The summed E-state index contributed by atoms with van der Waals surface area (Å²) in [6, 6.07) is 0. The predicted molar refractivity (Wildman–Crippen MR) is 67.2 cm³/mol. The van der Waals surface area contributed by atoms with Crippen LogP contribution >= 0.6 is 0 Å². The fourth-order valence-electron chi connectivity index (χ4n) is 1.30. The molecule has 0 saturated heterocycles. The lowest BCUT2D eigenvalue weighted by molar-refractivity contribution is 0.0986. The Bertz CT molecular complexity index is 356. The Morgan fingerprint density at radius 1 is 1.12 bits per heavy atom. The lowest BCUT2D eigenvalue weighted by atomic mass is 10.3. The summed E-state index contributed by atoms with van der Waals surface area (Å²) in [5.41, 5.74) is 6.58. The van der Waals surface area contributed by atoms with Crippen LogP contribution in [0.25, 0.3) is 0 Å². The highest BCUT2D eigenvalue weighted by molar-refractivity contribution is 5.44. The zero-order valence-corrected chi connectivity index (χ0v) is 10.8. The number of anilines is 1. The molecule has 0 radical (unpaired) electrons. The van der Waals surface area contributed by atoms with Gasteiger partial charge in [0.1, 0.15) is 18.2 Å². The van der Waals surface area contributed by atoms with Crippen LogP contribution in [0.15, 0.2) is 0 Å². The number of nitrogens with two attached hydrogens (primary N) is 1. The van der Waals surface area contributed by atoms with Gasteiger partial charge in [0.2, 0.25) is 5.88 Å². The first-order valence-corrected chi connectivity index (χ1v) is 6.02. The SMILES string of the molecule is CCCOCCOc1nc(CC)nc(N)c1C. The second-order valence-corrected chi connectivity index (χ2v) is 3.77. The molecule has 0 aliphatic carbocycles. The highest BCUT2D eigenvalue weighted by atomic mass is 16.5. The number of aryl methyl sites for hydroxylation is 1. The van der Waals surface area contributed by atoms with Gasteiger partial charge in [-0.05, 0) is 13.3 Å². The molecule has 0 amide bonds. The number of rotatable bonds is 7. The van der Waals surface area contributed by atoms with Gasteiger partial charge in [0, 0.05) is 13.0 Å². The molecule has 2 N–H and O–H groups in total. The molecule has 1 rings (SSSR count). The van der Waals surface area contributed by atoms with Gasteiger partial charge in [0.25, 0.3) is 0 Å². The third-order valence-electron chi connectivity index (χ3n) is 2.32. The van der Waals surface area contributed by atoms with Crippen LogP contribution in [0.5, 0.6) is 5.88 Å². The molecule has 0 aliphatic rings. The Morgan fingerprint density at radius 3 is 2.53 bits per heavy atom. The van der Waals surface area contributed by atoms with E-state index in [0.717, 1.165) is 25.0 Å². The van der Waals surface area contributed by atoms with Crippen LogP contribution in [0.3, 0.4) is 0 Å². The van der Waals surface area contributed by atoms with Crippen molar-refractivity contribution in [3.05, 3.63) is 11.4 Å². The first-order chi connectivity index (χ1) is 8.19. The number of nitrogens with zero attached hydrogens (tertiary/aromatic N) is 2.